The number of hydrogen-bond donors (Lipinski definition) is 1. The van der Waals surface area contributed by atoms with Gasteiger partial charge in [-0.2, -0.15) is 0 Å². The van der Waals surface area contributed by atoms with Crippen LogP contribution < -0.4 is 11.4 Å². The van der Waals surface area contributed by atoms with Crippen molar-refractivity contribution in [3.63, 3.8) is 0 Å². The summed E-state index contributed by atoms with van der Waals surface area (Å²) >= 11 is 0. The van der Waals surface area contributed by atoms with Gasteiger partial charge in [0.25, 0.3) is 0 Å². The van der Waals surface area contributed by atoms with Crippen LogP contribution in [0.2, 0.25) is 0 Å². The number of aromatic nitrogens is 2. The molecule has 2 aromatic rings. The van der Waals surface area contributed by atoms with Crippen LogP contribution in [0.4, 0.5) is 0 Å². The highest BCUT2D eigenvalue weighted by molar-refractivity contribution is 5.96. The number of Topliss-reactive ketones (excluding diaryl/α,β-unsaturated/α-hetero) is 1. The summed E-state index contributed by atoms with van der Waals surface area (Å²) in [6.45, 7) is 0.346. The Balaban J connectivity index is 2.31. The second-order valence-corrected chi connectivity index (χ2v) is 4.07. The van der Waals surface area contributed by atoms with E-state index in [1.807, 2.05) is 0 Å². The molecule has 0 atom stereocenters. The smallest absolute Gasteiger partial charge is 0.330 e. The molecule has 2 rings (SSSR count). The van der Waals surface area contributed by atoms with Gasteiger partial charge in [-0.1, -0.05) is 0 Å². The summed E-state index contributed by atoms with van der Waals surface area (Å²) in [5.41, 5.74) is 6.59. The molecule has 0 aliphatic carbocycles. The Morgan fingerprint density at radius 2 is 1.89 bits per heavy atom. The Bertz CT molecular complexity index is 608. The number of nitrogens with two attached hydrogens (primary N) is 1. The summed E-state index contributed by atoms with van der Waals surface area (Å²) in [7, 11) is 1.69. The molecule has 0 saturated heterocycles. The highest BCUT2D eigenvalue weighted by Crippen LogP contribution is 2.09. The lowest BCUT2D eigenvalue weighted by molar-refractivity contribution is 0.0985. The maximum absolute atomic E-state index is 11.7. The van der Waals surface area contributed by atoms with Crippen molar-refractivity contribution in [3.8, 4) is 5.69 Å². The number of benzene rings is 1. The van der Waals surface area contributed by atoms with Gasteiger partial charge in [-0.25, -0.2) is 4.79 Å². The van der Waals surface area contributed by atoms with Gasteiger partial charge in [0.2, 0.25) is 0 Å². The van der Waals surface area contributed by atoms with Gasteiger partial charge >= 0.3 is 5.69 Å². The largest absolute Gasteiger partial charge is 0.332 e. The Morgan fingerprint density at radius 1 is 1.22 bits per heavy atom. The van der Waals surface area contributed by atoms with E-state index < -0.39 is 0 Å². The van der Waals surface area contributed by atoms with E-state index in [1.165, 1.54) is 9.13 Å². The first-order valence-corrected chi connectivity index (χ1v) is 5.71. The van der Waals surface area contributed by atoms with Crippen molar-refractivity contribution in [2.75, 3.05) is 6.54 Å². The number of ketones is 1. The van der Waals surface area contributed by atoms with Crippen molar-refractivity contribution < 1.29 is 4.79 Å². The molecule has 0 spiro atoms. The first-order chi connectivity index (χ1) is 8.63. The average Bonchev–Trinajstić information content (AvgIpc) is 2.71. The lowest BCUT2D eigenvalue weighted by Gasteiger charge is -2.03. The molecule has 5 nitrogen and oxygen atoms in total. The number of carbonyl (C=O) groups excluding carboxylic acids is 1. The SMILES string of the molecule is Cn1ccn(-c2ccc(C(=O)CCN)cc2)c1=O. The van der Waals surface area contributed by atoms with Crippen LogP contribution in [0.15, 0.2) is 41.5 Å². The average molecular weight is 245 g/mol. The normalized spacial score (nSPS) is 10.6. The Kier molecular flexibility index (Phi) is 3.43. The maximum atomic E-state index is 11.7. The van der Waals surface area contributed by atoms with Crippen molar-refractivity contribution in [3.05, 3.63) is 52.7 Å². The van der Waals surface area contributed by atoms with Crippen LogP contribution in [0.25, 0.3) is 5.69 Å². The molecule has 2 N–H and O–H groups in total. The summed E-state index contributed by atoms with van der Waals surface area (Å²) in [5.74, 6) is 0.0180. The molecule has 0 aliphatic rings. The molecular weight excluding hydrogens is 230 g/mol. The van der Waals surface area contributed by atoms with Crippen LogP contribution in [-0.4, -0.2) is 21.5 Å². The predicted molar refractivity (Wildman–Crippen MR) is 69.0 cm³/mol. The number of rotatable bonds is 4. The number of aryl methyl sites for hydroxylation is 1. The van der Waals surface area contributed by atoms with E-state index >= 15 is 0 Å². The molecule has 0 amide bonds. The minimum absolute atomic E-state index is 0.0180. The molecule has 0 bridgehead atoms. The molecule has 0 fully saturated rings. The Labute approximate surface area is 104 Å². The fourth-order valence-electron chi connectivity index (χ4n) is 1.74. The number of nitrogens with zero attached hydrogens (tertiary/aromatic N) is 2. The minimum atomic E-state index is -0.115. The van der Waals surface area contributed by atoms with Crippen LogP contribution in [0.5, 0.6) is 0 Å². The summed E-state index contributed by atoms with van der Waals surface area (Å²) in [4.78, 5) is 23.3. The molecule has 0 saturated carbocycles. The topological polar surface area (TPSA) is 70.0 Å². The highest BCUT2D eigenvalue weighted by Gasteiger charge is 2.06. The molecule has 0 radical (unpaired) electrons. The summed E-state index contributed by atoms with van der Waals surface area (Å²) in [5, 5.41) is 0. The zero-order valence-corrected chi connectivity index (χ0v) is 10.2. The number of carbonyl (C=O) groups is 1. The molecule has 18 heavy (non-hydrogen) atoms. The molecule has 0 aliphatic heterocycles. The van der Waals surface area contributed by atoms with E-state index in [0.717, 1.165) is 5.69 Å². The highest BCUT2D eigenvalue weighted by atomic mass is 16.1. The van der Waals surface area contributed by atoms with E-state index in [1.54, 1.807) is 43.7 Å². The van der Waals surface area contributed by atoms with Crippen LogP contribution in [0, 0.1) is 0 Å². The Hall–Kier alpha value is -2.14. The summed E-state index contributed by atoms with van der Waals surface area (Å²) in [6, 6.07) is 6.94. The zero-order valence-electron chi connectivity index (χ0n) is 10.2. The maximum Gasteiger partial charge on any atom is 0.332 e. The second kappa shape index (κ2) is 5.01. The van der Waals surface area contributed by atoms with Gasteiger partial charge < -0.3 is 10.3 Å². The predicted octanol–water partition coefficient (Wildman–Crippen LogP) is 0.708. The third-order valence-electron chi connectivity index (χ3n) is 2.79. The van der Waals surface area contributed by atoms with Crippen molar-refractivity contribution >= 4 is 5.78 Å². The van der Waals surface area contributed by atoms with Crippen molar-refractivity contribution in [1.29, 1.82) is 0 Å². The van der Waals surface area contributed by atoms with Gasteiger partial charge in [-0.3, -0.25) is 9.36 Å². The summed E-state index contributed by atoms with van der Waals surface area (Å²) in [6.07, 6.45) is 3.72. The molecule has 94 valence electrons. The lowest BCUT2D eigenvalue weighted by Crippen LogP contribution is -2.20. The standard InChI is InChI=1S/C13H15N3O2/c1-15-8-9-16(13(15)18)11-4-2-10(3-5-11)12(17)6-7-14/h2-5,8-9H,6-7,14H2,1H3. The van der Waals surface area contributed by atoms with Gasteiger partial charge in [0.05, 0.1) is 5.69 Å². The first kappa shape index (κ1) is 12.3. The molecule has 0 unspecified atom stereocenters. The fourth-order valence-corrected chi connectivity index (χ4v) is 1.74. The zero-order chi connectivity index (χ0) is 13.1. The van der Waals surface area contributed by atoms with Gasteiger partial charge in [0.15, 0.2) is 5.78 Å². The van der Waals surface area contributed by atoms with E-state index in [0.29, 0.717) is 18.5 Å². The third kappa shape index (κ3) is 2.26. The number of hydrogen-bond acceptors (Lipinski definition) is 3. The molecule has 1 heterocycles. The number of imidazole rings is 1. The molecule has 1 aromatic carbocycles. The first-order valence-electron chi connectivity index (χ1n) is 5.71. The van der Waals surface area contributed by atoms with E-state index in [2.05, 4.69) is 0 Å². The quantitative estimate of drug-likeness (QED) is 0.806. The monoisotopic (exact) mass is 245 g/mol. The van der Waals surface area contributed by atoms with Gasteiger partial charge in [-0.15, -0.1) is 0 Å². The lowest BCUT2D eigenvalue weighted by atomic mass is 10.1. The Morgan fingerprint density at radius 3 is 2.39 bits per heavy atom. The fraction of sp³-hybridized carbons (Fsp3) is 0.231. The van der Waals surface area contributed by atoms with Gasteiger partial charge in [-0.05, 0) is 30.8 Å². The van der Waals surface area contributed by atoms with Crippen LogP contribution >= 0.6 is 0 Å². The van der Waals surface area contributed by atoms with Gasteiger partial charge in [0.1, 0.15) is 0 Å². The summed E-state index contributed by atoms with van der Waals surface area (Å²) < 4.78 is 3.02. The van der Waals surface area contributed by atoms with Crippen molar-refractivity contribution in [1.82, 2.24) is 9.13 Å². The third-order valence-corrected chi connectivity index (χ3v) is 2.79. The van der Waals surface area contributed by atoms with E-state index in [9.17, 15) is 9.59 Å². The second-order valence-electron chi connectivity index (χ2n) is 4.07. The minimum Gasteiger partial charge on any atom is -0.330 e. The van der Waals surface area contributed by atoms with Gasteiger partial charge in [0, 0.05) is 31.4 Å². The van der Waals surface area contributed by atoms with E-state index in [-0.39, 0.29) is 11.5 Å². The molecular formula is C13H15N3O2. The van der Waals surface area contributed by atoms with Crippen LogP contribution in [0.3, 0.4) is 0 Å². The molecule has 1 aromatic heterocycles. The molecule has 5 heteroatoms. The van der Waals surface area contributed by atoms with Crippen molar-refractivity contribution in [2.24, 2.45) is 12.8 Å². The van der Waals surface area contributed by atoms with E-state index in [4.69, 9.17) is 5.73 Å². The van der Waals surface area contributed by atoms with Crippen molar-refractivity contribution in [2.45, 2.75) is 6.42 Å². The van der Waals surface area contributed by atoms with Crippen LogP contribution in [-0.2, 0) is 7.05 Å². The van der Waals surface area contributed by atoms with Crippen LogP contribution in [0.1, 0.15) is 16.8 Å².